The van der Waals surface area contributed by atoms with Crippen LogP contribution in [0.15, 0.2) is 30.3 Å². The first-order chi connectivity index (χ1) is 35.3. The summed E-state index contributed by atoms with van der Waals surface area (Å²) in [4.78, 5) is 126. The van der Waals surface area contributed by atoms with Gasteiger partial charge in [-0.15, -0.1) is 0 Å². The number of amides is 8. The number of Topliss-reactive ketones (excluding diaryl/α,β-unsaturated/α-hetero) is 2. The van der Waals surface area contributed by atoms with Gasteiger partial charge in [0.25, 0.3) is 5.91 Å². The molecule has 0 radical (unpaired) electrons. The van der Waals surface area contributed by atoms with E-state index < -0.39 is 102 Å². The van der Waals surface area contributed by atoms with Gasteiger partial charge >= 0.3 is 6.03 Å². The predicted octanol–water partition coefficient (Wildman–Crippen LogP) is 0.459. The van der Waals surface area contributed by atoms with Gasteiger partial charge in [0.2, 0.25) is 29.5 Å². The SMILES string of the molecule is CCCCCCC[C@@H](O)CC(=O)C[C@H](CCN)C(=O)N[C@H]1CCNC(=O)[C@H](CC(C)C)NC(=O)[C@H](CCN)NC(=O)[C@H](CCN)NC(=O)N(CC(C)C)NC(=O)[C@@H](Cc2ccccc2)NC(=O)[C@H](CCN)CC1=O. The van der Waals surface area contributed by atoms with Gasteiger partial charge in [-0.2, -0.15) is 0 Å². The Balaban J connectivity index is 2.68. The third kappa shape index (κ3) is 24.7. The fourth-order valence-electron chi connectivity index (χ4n) is 8.66. The minimum absolute atomic E-state index is 0.0198. The molecule has 1 aromatic rings. The zero-order valence-corrected chi connectivity index (χ0v) is 44.6. The Morgan fingerprint density at radius 1 is 0.689 bits per heavy atom. The van der Waals surface area contributed by atoms with Crippen LogP contribution in [0.4, 0.5) is 4.79 Å². The summed E-state index contributed by atoms with van der Waals surface area (Å²) < 4.78 is 0. The predicted molar refractivity (Wildman–Crippen MR) is 282 cm³/mol. The molecule has 0 bridgehead atoms. The number of hydrazine groups is 1. The van der Waals surface area contributed by atoms with Crippen LogP contribution in [0.5, 0.6) is 0 Å². The van der Waals surface area contributed by atoms with Crippen LogP contribution in [0.3, 0.4) is 0 Å². The van der Waals surface area contributed by atoms with E-state index in [0.29, 0.717) is 12.0 Å². The molecule has 418 valence electrons. The number of hydrogen-bond acceptors (Lipinski definition) is 14. The number of ketones is 2. The van der Waals surface area contributed by atoms with E-state index in [1.54, 1.807) is 44.2 Å². The summed E-state index contributed by atoms with van der Waals surface area (Å²) in [6.07, 6.45) is 3.45. The van der Waals surface area contributed by atoms with E-state index in [4.69, 9.17) is 22.9 Å². The average molecular weight is 1040 g/mol. The number of nitrogens with two attached hydrogens (primary N) is 4. The molecule has 1 saturated heterocycles. The topological polar surface area (TPSA) is 365 Å². The highest BCUT2D eigenvalue weighted by Crippen LogP contribution is 2.18. The van der Waals surface area contributed by atoms with Gasteiger partial charge in [0.15, 0.2) is 5.78 Å². The van der Waals surface area contributed by atoms with Gasteiger partial charge < -0.3 is 59.9 Å². The number of aliphatic hydroxyl groups excluding tert-OH is 1. The first-order valence-corrected chi connectivity index (χ1v) is 26.7. The van der Waals surface area contributed by atoms with Gasteiger partial charge in [-0.1, -0.05) is 97.1 Å². The molecule has 1 heterocycles. The van der Waals surface area contributed by atoms with Crippen LogP contribution in [0.1, 0.15) is 136 Å². The van der Waals surface area contributed by atoms with E-state index in [1.165, 1.54) is 0 Å². The van der Waals surface area contributed by atoms with Crippen molar-refractivity contribution < 1.29 is 48.3 Å². The number of hydrogen-bond donors (Lipinski definition) is 12. The lowest BCUT2D eigenvalue weighted by Gasteiger charge is -2.30. The van der Waals surface area contributed by atoms with Crippen LogP contribution in [-0.4, -0.2) is 139 Å². The van der Waals surface area contributed by atoms with Crippen molar-refractivity contribution in [2.24, 2.45) is 46.6 Å². The van der Waals surface area contributed by atoms with Crippen LogP contribution >= 0.6 is 0 Å². The van der Waals surface area contributed by atoms with Gasteiger partial charge in [-0.25, -0.2) is 9.80 Å². The molecule has 22 heteroatoms. The normalized spacial score (nSPS) is 22.2. The molecule has 1 aliphatic heterocycles. The lowest BCUT2D eigenvalue weighted by atomic mass is 9.91. The van der Waals surface area contributed by atoms with Crippen LogP contribution in [0.25, 0.3) is 0 Å². The summed E-state index contributed by atoms with van der Waals surface area (Å²) in [5.74, 6) is -7.72. The Morgan fingerprint density at radius 3 is 1.89 bits per heavy atom. The third-order valence-corrected chi connectivity index (χ3v) is 12.7. The number of unbranched alkanes of at least 4 members (excludes halogenated alkanes) is 4. The first-order valence-electron chi connectivity index (χ1n) is 26.7. The van der Waals surface area contributed by atoms with Gasteiger partial charge in [-0.3, -0.25) is 43.8 Å². The second-order valence-electron chi connectivity index (χ2n) is 20.3. The van der Waals surface area contributed by atoms with E-state index in [1.807, 2.05) is 13.8 Å². The Bertz CT molecular complexity index is 1920. The molecule has 0 aliphatic carbocycles. The number of rotatable bonds is 26. The van der Waals surface area contributed by atoms with Gasteiger partial charge in [-0.05, 0) is 88.5 Å². The Labute approximate surface area is 437 Å². The monoisotopic (exact) mass is 1040 g/mol. The molecular formula is C52H90N12O10. The Kier molecular flexibility index (Phi) is 31.1. The standard InChI is InChI=1S/C52H90N12O10/c1-6-7-8-9-13-16-38(65)31-39(66)29-36(17-22-53)46(68)58-40-21-26-57-48(70)43(27-33(2)3)61-49(71)41(19-24-55)59-50(72)42(20-25-56)62-52(74)64(32-34(4)5)63-51(73)44(28-35-14-11-10-12-15-35)60-47(69)37(18-23-54)30-45(40)67/h10-12,14-15,33-34,36-38,40-44,65H,6-9,13,16-32,53-56H2,1-5H3,(H,57,70)(H,58,68)(H,59,72)(H,60,69)(H,61,71)(H,62,74)(H,63,73)/t36-,37+,38+,40-,41-,42-,43-,44+/m0/s1. The van der Waals surface area contributed by atoms with Crippen LogP contribution in [-0.2, 0) is 44.8 Å². The van der Waals surface area contributed by atoms with Crippen molar-refractivity contribution in [1.82, 2.24) is 42.3 Å². The second kappa shape index (κ2) is 35.6. The maximum atomic E-state index is 14.5. The zero-order valence-electron chi connectivity index (χ0n) is 44.6. The minimum Gasteiger partial charge on any atom is -0.393 e. The molecule has 0 aromatic heterocycles. The molecule has 0 spiro atoms. The molecule has 1 fully saturated rings. The fraction of sp³-hybridized carbons (Fsp3) is 0.712. The highest BCUT2D eigenvalue weighted by Gasteiger charge is 2.35. The maximum absolute atomic E-state index is 14.5. The number of aliphatic hydroxyl groups is 1. The number of carbonyl (C=O) groups is 9. The second-order valence-corrected chi connectivity index (χ2v) is 20.3. The van der Waals surface area contributed by atoms with E-state index in [-0.39, 0.29) is 115 Å². The number of urea groups is 1. The van der Waals surface area contributed by atoms with Gasteiger partial charge in [0, 0.05) is 50.6 Å². The highest BCUT2D eigenvalue weighted by atomic mass is 16.3. The minimum atomic E-state index is -1.32. The highest BCUT2D eigenvalue weighted by molar-refractivity contribution is 5.97. The van der Waals surface area contributed by atoms with E-state index in [9.17, 15) is 48.3 Å². The van der Waals surface area contributed by atoms with E-state index in [2.05, 4.69) is 44.3 Å². The molecule has 8 amide bonds. The van der Waals surface area contributed by atoms with Crippen molar-refractivity contribution in [2.75, 3.05) is 39.3 Å². The summed E-state index contributed by atoms with van der Waals surface area (Å²) in [7, 11) is 0. The third-order valence-electron chi connectivity index (χ3n) is 12.7. The van der Waals surface area contributed by atoms with Gasteiger partial charge in [0.1, 0.15) is 30.0 Å². The number of carbonyl (C=O) groups excluding carboxylic acids is 9. The Morgan fingerprint density at radius 2 is 1.30 bits per heavy atom. The van der Waals surface area contributed by atoms with Crippen molar-refractivity contribution in [3.63, 3.8) is 0 Å². The Hall–Kier alpha value is -5.55. The first kappa shape index (κ1) is 64.6. The summed E-state index contributed by atoms with van der Waals surface area (Å²) >= 11 is 0. The molecule has 8 atom stereocenters. The van der Waals surface area contributed by atoms with Crippen molar-refractivity contribution in [1.29, 1.82) is 0 Å². The molecule has 1 aliphatic rings. The molecule has 16 N–H and O–H groups in total. The van der Waals surface area contributed by atoms with Crippen LogP contribution in [0.2, 0.25) is 0 Å². The summed E-state index contributed by atoms with van der Waals surface area (Å²) in [5, 5.41) is 27.9. The van der Waals surface area contributed by atoms with Crippen LogP contribution < -0.4 is 60.3 Å². The average Bonchev–Trinajstić information content (AvgIpc) is 3.34. The summed E-state index contributed by atoms with van der Waals surface area (Å²) in [6, 6.07) is 1.57. The van der Waals surface area contributed by atoms with Gasteiger partial charge in [0.05, 0.1) is 12.1 Å². The van der Waals surface area contributed by atoms with Crippen molar-refractivity contribution >= 4 is 53.0 Å². The zero-order chi connectivity index (χ0) is 55.2. The van der Waals surface area contributed by atoms with Crippen LogP contribution in [0, 0.1) is 23.7 Å². The van der Waals surface area contributed by atoms with E-state index >= 15 is 0 Å². The molecule has 22 nitrogen and oxygen atoms in total. The van der Waals surface area contributed by atoms with Crippen molar-refractivity contribution in [3.05, 3.63) is 35.9 Å². The quantitative estimate of drug-likeness (QED) is 0.0562. The molecule has 74 heavy (non-hydrogen) atoms. The molecular weight excluding hydrogens is 953 g/mol. The summed E-state index contributed by atoms with van der Waals surface area (Å²) in [5.41, 5.74) is 27.0. The van der Waals surface area contributed by atoms with Crippen molar-refractivity contribution in [3.8, 4) is 0 Å². The van der Waals surface area contributed by atoms with Crippen molar-refractivity contribution in [2.45, 2.75) is 174 Å². The van der Waals surface area contributed by atoms with E-state index in [0.717, 1.165) is 37.1 Å². The fourth-order valence-corrected chi connectivity index (χ4v) is 8.66. The maximum Gasteiger partial charge on any atom is 0.336 e. The molecule has 0 unspecified atom stereocenters. The number of benzene rings is 1. The number of nitrogens with one attached hydrogen (secondary N) is 7. The molecule has 1 aromatic carbocycles. The number of nitrogens with zero attached hydrogens (tertiary/aromatic N) is 1. The lowest BCUT2D eigenvalue weighted by molar-refractivity contribution is -0.136. The largest absolute Gasteiger partial charge is 0.393 e. The lowest BCUT2D eigenvalue weighted by Crippen LogP contribution is -2.61. The smallest absolute Gasteiger partial charge is 0.336 e. The molecule has 0 saturated carbocycles. The molecule has 2 rings (SSSR count). The summed E-state index contributed by atoms with van der Waals surface area (Å²) in [6.45, 7) is 9.02.